The topological polar surface area (TPSA) is 32.3 Å². The molecule has 2 unspecified atom stereocenters. The molecule has 4 heteroatoms. The minimum atomic E-state index is -0.255. The lowest BCUT2D eigenvalue weighted by Crippen LogP contribution is -2.50. The number of thioether (sulfide) groups is 1. The highest BCUT2D eigenvalue weighted by Crippen LogP contribution is 2.34. The van der Waals surface area contributed by atoms with Gasteiger partial charge in [0.2, 0.25) is 5.91 Å². The van der Waals surface area contributed by atoms with Crippen molar-refractivity contribution in [3.63, 3.8) is 0 Å². The molecular weight excluding hydrogens is 244 g/mol. The van der Waals surface area contributed by atoms with Gasteiger partial charge in [-0.3, -0.25) is 4.79 Å². The maximum Gasteiger partial charge on any atom is 0.228 e. The number of nitrogens with zero attached hydrogens (tertiary/aromatic N) is 1. The van der Waals surface area contributed by atoms with E-state index in [1.807, 2.05) is 11.9 Å². The number of hydrogen-bond acceptors (Lipinski definition) is 3. The summed E-state index contributed by atoms with van der Waals surface area (Å²) in [5.74, 6) is 1.75. The van der Waals surface area contributed by atoms with Crippen LogP contribution in [0.15, 0.2) is 0 Å². The summed E-state index contributed by atoms with van der Waals surface area (Å²) in [7, 11) is 1.95. The van der Waals surface area contributed by atoms with Crippen molar-refractivity contribution in [3.8, 4) is 0 Å². The van der Waals surface area contributed by atoms with E-state index in [1.54, 1.807) is 11.8 Å². The maximum absolute atomic E-state index is 12.7. The quantitative estimate of drug-likeness (QED) is 0.833. The van der Waals surface area contributed by atoms with Gasteiger partial charge in [-0.2, -0.15) is 11.8 Å². The van der Waals surface area contributed by atoms with Crippen molar-refractivity contribution in [2.75, 3.05) is 32.1 Å². The third-order valence-electron chi connectivity index (χ3n) is 4.26. The van der Waals surface area contributed by atoms with Crippen molar-refractivity contribution >= 4 is 17.7 Å². The second kappa shape index (κ2) is 6.80. The molecule has 1 amide bonds. The number of carbonyl (C=O) groups excluding carboxylic acids is 1. The Labute approximate surface area is 116 Å². The molecule has 0 aromatic heterocycles. The SMILES string of the molecule is CSCC(C)N(C)C(=O)C(C)(C)C1CCCNC1. The molecular formula is C14H28N2OS. The van der Waals surface area contributed by atoms with Gasteiger partial charge < -0.3 is 10.2 Å². The summed E-state index contributed by atoms with van der Waals surface area (Å²) >= 11 is 1.80. The molecule has 0 radical (unpaired) electrons. The first-order valence-corrected chi connectivity index (χ1v) is 8.27. The molecule has 1 heterocycles. The van der Waals surface area contributed by atoms with Crippen molar-refractivity contribution < 1.29 is 4.79 Å². The lowest BCUT2D eigenvalue weighted by Gasteiger charge is -2.40. The Hall–Kier alpha value is -0.220. The van der Waals surface area contributed by atoms with Crippen LogP contribution in [0, 0.1) is 11.3 Å². The minimum Gasteiger partial charge on any atom is -0.342 e. The predicted octanol–water partition coefficient (Wildman–Crippen LogP) is 2.22. The Morgan fingerprint density at radius 3 is 2.72 bits per heavy atom. The zero-order valence-electron chi connectivity index (χ0n) is 12.5. The molecule has 0 saturated carbocycles. The Kier molecular flexibility index (Phi) is 5.99. The highest BCUT2D eigenvalue weighted by Gasteiger charge is 2.39. The molecule has 0 aromatic carbocycles. The standard InChI is InChI=1S/C14H28N2OS/c1-11(10-18-5)16(4)13(17)14(2,3)12-7-6-8-15-9-12/h11-12,15H,6-10H2,1-5H3. The van der Waals surface area contributed by atoms with Gasteiger partial charge in [-0.05, 0) is 45.0 Å². The smallest absolute Gasteiger partial charge is 0.228 e. The van der Waals surface area contributed by atoms with E-state index in [0.29, 0.717) is 12.0 Å². The van der Waals surface area contributed by atoms with Crippen molar-refractivity contribution in [1.82, 2.24) is 10.2 Å². The highest BCUT2D eigenvalue weighted by molar-refractivity contribution is 7.98. The summed E-state index contributed by atoms with van der Waals surface area (Å²) in [6.07, 6.45) is 4.44. The van der Waals surface area contributed by atoms with E-state index in [0.717, 1.165) is 25.3 Å². The summed E-state index contributed by atoms with van der Waals surface area (Å²) in [4.78, 5) is 14.6. The monoisotopic (exact) mass is 272 g/mol. The number of amides is 1. The maximum atomic E-state index is 12.7. The van der Waals surface area contributed by atoms with Crippen LogP contribution in [0.2, 0.25) is 0 Å². The summed E-state index contributed by atoms with van der Waals surface area (Å²) in [6, 6.07) is 0.309. The molecule has 106 valence electrons. The van der Waals surface area contributed by atoms with Crippen LogP contribution in [0.1, 0.15) is 33.6 Å². The van der Waals surface area contributed by atoms with Gasteiger partial charge in [0.1, 0.15) is 0 Å². The Bertz CT molecular complexity index is 275. The van der Waals surface area contributed by atoms with E-state index in [-0.39, 0.29) is 11.3 Å². The van der Waals surface area contributed by atoms with Gasteiger partial charge >= 0.3 is 0 Å². The molecule has 0 aromatic rings. The molecule has 1 N–H and O–H groups in total. The molecule has 18 heavy (non-hydrogen) atoms. The molecule has 1 fully saturated rings. The molecule has 0 spiro atoms. The molecule has 1 rings (SSSR count). The number of nitrogens with one attached hydrogen (secondary N) is 1. The fourth-order valence-corrected chi connectivity index (χ4v) is 3.36. The van der Waals surface area contributed by atoms with E-state index in [9.17, 15) is 4.79 Å². The van der Waals surface area contributed by atoms with Crippen molar-refractivity contribution in [3.05, 3.63) is 0 Å². The lowest BCUT2D eigenvalue weighted by atomic mass is 9.74. The summed E-state index contributed by atoms with van der Waals surface area (Å²) in [6.45, 7) is 8.41. The van der Waals surface area contributed by atoms with Crippen LogP contribution in [-0.2, 0) is 4.79 Å². The van der Waals surface area contributed by atoms with Crippen LogP contribution in [0.3, 0.4) is 0 Å². The number of carbonyl (C=O) groups is 1. The number of piperidine rings is 1. The first-order chi connectivity index (χ1) is 8.41. The average Bonchev–Trinajstić information content (AvgIpc) is 2.38. The van der Waals surface area contributed by atoms with Gasteiger partial charge in [-0.25, -0.2) is 0 Å². The fraction of sp³-hybridized carbons (Fsp3) is 0.929. The normalized spacial score (nSPS) is 22.6. The van der Waals surface area contributed by atoms with Crippen LogP contribution in [0.4, 0.5) is 0 Å². The molecule has 0 aliphatic carbocycles. The average molecular weight is 272 g/mol. The molecule has 2 atom stereocenters. The van der Waals surface area contributed by atoms with Crippen molar-refractivity contribution in [2.24, 2.45) is 11.3 Å². The largest absolute Gasteiger partial charge is 0.342 e. The third-order valence-corrected chi connectivity index (χ3v) is 5.07. The van der Waals surface area contributed by atoms with Gasteiger partial charge in [0, 0.05) is 24.3 Å². The van der Waals surface area contributed by atoms with E-state index < -0.39 is 0 Å². The first-order valence-electron chi connectivity index (χ1n) is 6.88. The minimum absolute atomic E-state index is 0.255. The molecule has 1 aliphatic heterocycles. The van der Waals surface area contributed by atoms with Crippen LogP contribution in [-0.4, -0.2) is 49.0 Å². The number of rotatable bonds is 5. The Balaban J connectivity index is 2.67. The van der Waals surface area contributed by atoms with E-state index in [1.165, 1.54) is 6.42 Å². The zero-order chi connectivity index (χ0) is 13.8. The Morgan fingerprint density at radius 1 is 1.56 bits per heavy atom. The van der Waals surface area contributed by atoms with Crippen molar-refractivity contribution in [2.45, 2.75) is 39.7 Å². The lowest BCUT2D eigenvalue weighted by molar-refractivity contribution is -0.143. The van der Waals surface area contributed by atoms with Gasteiger partial charge in [0.15, 0.2) is 0 Å². The molecule has 1 saturated heterocycles. The summed E-state index contributed by atoms with van der Waals surface area (Å²) in [5, 5.41) is 3.41. The predicted molar refractivity (Wildman–Crippen MR) is 80.0 cm³/mol. The van der Waals surface area contributed by atoms with Gasteiger partial charge in [-0.1, -0.05) is 13.8 Å². The highest BCUT2D eigenvalue weighted by atomic mass is 32.2. The van der Waals surface area contributed by atoms with Gasteiger partial charge in [-0.15, -0.1) is 0 Å². The van der Waals surface area contributed by atoms with Crippen molar-refractivity contribution in [1.29, 1.82) is 0 Å². The zero-order valence-corrected chi connectivity index (χ0v) is 13.3. The van der Waals surface area contributed by atoms with Crippen LogP contribution in [0.5, 0.6) is 0 Å². The van der Waals surface area contributed by atoms with Crippen LogP contribution in [0.25, 0.3) is 0 Å². The number of hydrogen-bond donors (Lipinski definition) is 1. The third kappa shape index (κ3) is 3.64. The molecule has 0 bridgehead atoms. The Morgan fingerprint density at radius 2 is 2.22 bits per heavy atom. The second-order valence-electron chi connectivity index (χ2n) is 5.99. The first kappa shape index (κ1) is 15.8. The van der Waals surface area contributed by atoms with Gasteiger partial charge in [0.25, 0.3) is 0 Å². The summed E-state index contributed by atoms with van der Waals surface area (Å²) in [5.41, 5.74) is -0.255. The van der Waals surface area contributed by atoms with E-state index in [4.69, 9.17) is 0 Å². The fourth-order valence-electron chi connectivity index (χ4n) is 2.65. The van der Waals surface area contributed by atoms with Gasteiger partial charge in [0.05, 0.1) is 0 Å². The molecule has 1 aliphatic rings. The van der Waals surface area contributed by atoms with Crippen LogP contribution >= 0.6 is 11.8 Å². The molecule has 3 nitrogen and oxygen atoms in total. The second-order valence-corrected chi connectivity index (χ2v) is 6.90. The summed E-state index contributed by atoms with van der Waals surface area (Å²) < 4.78 is 0. The van der Waals surface area contributed by atoms with E-state index in [2.05, 4.69) is 32.3 Å². The van der Waals surface area contributed by atoms with E-state index >= 15 is 0 Å². The van der Waals surface area contributed by atoms with Crippen LogP contribution < -0.4 is 5.32 Å².